The van der Waals surface area contributed by atoms with Crippen LogP contribution in [0.4, 0.5) is 5.69 Å². The molecular formula is C16H20ClN5O3S. The van der Waals surface area contributed by atoms with Crippen LogP contribution in [0, 0.1) is 0 Å². The topological polar surface area (TPSA) is 88.4 Å². The highest BCUT2D eigenvalue weighted by Gasteiger charge is 2.30. The van der Waals surface area contributed by atoms with Crippen LogP contribution in [0.15, 0.2) is 35.5 Å². The summed E-state index contributed by atoms with van der Waals surface area (Å²) in [4.78, 5) is 18.4. The SMILES string of the molecule is CC(C)S(=O)(=O)N1CCN(c2cnn(-c3cccnc3)c(=O)c2Cl)CC1. The van der Waals surface area contributed by atoms with Gasteiger partial charge in [0.05, 0.1) is 29.0 Å². The Labute approximate surface area is 157 Å². The maximum atomic E-state index is 12.6. The predicted octanol–water partition coefficient (Wildman–Crippen LogP) is 1.14. The number of sulfonamides is 1. The molecule has 0 aliphatic carbocycles. The lowest BCUT2D eigenvalue weighted by molar-refractivity contribution is 0.381. The quantitative estimate of drug-likeness (QED) is 0.768. The average Bonchev–Trinajstić information content (AvgIpc) is 2.64. The van der Waals surface area contributed by atoms with E-state index in [1.165, 1.54) is 21.4 Å². The number of rotatable bonds is 4. The van der Waals surface area contributed by atoms with E-state index < -0.39 is 20.8 Å². The Bertz CT molecular complexity index is 938. The summed E-state index contributed by atoms with van der Waals surface area (Å²) in [6, 6.07) is 3.42. The molecule has 1 aliphatic rings. The van der Waals surface area contributed by atoms with Gasteiger partial charge in [0.1, 0.15) is 5.02 Å². The van der Waals surface area contributed by atoms with Gasteiger partial charge in [-0.25, -0.2) is 8.42 Å². The second-order valence-electron chi connectivity index (χ2n) is 6.25. The van der Waals surface area contributed by atoms with Crippen LogP contribution in [0.2, 0.25) is 5.02 Å². The minimum Gasteiger partial charge on any atom is -0.366 e. The predicted molar refractivity (Wildman–Crippen MR) is 100 cm³/mol. The molecule has 0 aromatic carbocycles. The van der Waals surface area contributed by atoms with Crippen LogP contribution in [0.5, 0.6) is 0 Å². The fourth-order valence-corrected chi connectivity index (χ4v) is 4.31. The highest BCUT2D eigenvalue weighted by atomic mass is 35.5. The number of anilines is 1. The molecule has 2 aromatic rings. The van der Waals surface area contributed by atoms with Crippen molar-refractivity contribution in [2.75, 3.05) is 31.1 Å². The maximum absolute atomic E-state index is 12.6. The number of piperazine rings is 1. The summed E-state index contributed by atoms with van der Waals surface area (Å²) >= 11 is 6.29. The summed E-state index contributed by atoms with van der Waals surface area (Å²) in [6.45, 7) is 4.93. The van der Waals surface area contributed by atoms with E-state index in [9.17, 15) is 13.2 Å². The highest BCUT2D eigenvalue weighted by Crippen LogP contribution is 2.24. The normalized spacial score (nSPS) is 16.2. The molecule has 1 fully saturated rings. The first-order valence-electron chi connectivity index (χ1n) is 8.24. The lowest BCUT2D eigenvalue weighted by atomic mass is 10.3. The molecule has 0 spiro atoms. The van der Waals surface area contributed by atoms with Crippen molar-refractivity contribution in [3.05, 3.63) is 46.1 Å². The molecule has 0 saturated carbocycles. The largest absolute Gasteiger partial charge is 0.366 e. The third kappa shape index (κ3) is 3.46. The van der Waals surface area contributed by atoms with Crippen molar-refractivity contribution in [2.24, 2.45) is 0 Å². The zero-order valence-corrected chi connectivity index (χ0v) is 16.1. The first-order valence-corrected chi connectivity index (χ1v) is 10.1. The van der Waals surface area contributed by atoms with Crippen molar-refractivity contribution in [1.82, 2.24) is 19.1 Å². The van der Waals surface area contributed by atoms with Crippen molar-refractivity contribution >= 4 is 27.3 Å². The van der Waals surface area contributed by atoms with Crippen LogP contribution < -0.4 is 10.5 Å². The molecule has 2 aromatic heterocycles. The Morgan fingerprint density at radius 3 is 2.42 bits per heavy atom. The second kappa shape index (κ2) is 7.34. The molecule has 0 bridgehead atoms. The molecular weight excluding hydrogens is 378 g/mol. The Hall–Kier alpha value is -1.97. The first-order chi connectivity index (χ1) is 12.3. The summed E-state index contributed by atoms with van der Waals surface area (Å²) in [6.07, 6.45) is 4.67. The number of pyridine rings is 1. The van der Waals surface area contributed by atoms with E-state index in [0.717, 1.165) is 0 Å². The van der Waals surface area contributed by atoms with Crippen LogP contribution in [-0.4, -0.2) is 58.9 Å². The third-order valence-electron chi connectivity index (χ3n) is 4.33. The van der Waals surface area contributed by atoms with Crippen molar-refractivity contribution in [2.45, 2.75) is 19.1 Å². The summed E-state index contributed by atoms with van der Waals surface area (Å²) in [5, 5.41) is 3.79. The van der Waals surface area contributed by atoms with E-state index in [1.807, 2.05) is 4.90 Å². The van der Waals surface area contributed by atoms with Gasteiger partial charge in [-0.1, -0.05) is 11.6 Å². The van der Waals surface area contributed by atoms with Gasteiger partial charge in [0.25, 0.3) is 5.56 Å². The number of hydrogen-bond donors (Lipinski definition) is 0. The molecule has 0 radical (unpaired) electrons. The third-order valence-corrected chi connectivity index (χ3v) is 6.96. The molecule has 0 amide bonds. The van der Waals surface area contributed by atoms with Crippen LogP contribution in [0.1, 0.15) is 13.8 Å². The van der Waals surface area contributed by atoms with Gasteiger partial charge in [0, 0.05) is 32.4 Å². The van der Waals surface area contributed by atoms with Crippen LogP contribution in [0.25, 0.3) is 5.69 Å². The molecule has 26 heavy (non-hydrogen) atoms. The minimum atomic E-state index is -3.28. The number of hydrogen-bond acceptors (Lipinski definition) is 6. The zero-order valence-electron chi connectivity index (χ0n) is 14.5. The lowest BCUT2D eigenvalue weighted by Gasteiger charge is -2.36. The van der Waals surface area contributed by atoms with Crippen molar-refractivity contribution in [1.29, 1.82) is 0 Å². The smallest absolute Gasteiger partial charge is 0.292 e. The van der Waals surface area contributed by atoms with E-state index in [-0.39, 0.29) is 5.02 Å². The molecule has 1 saturated heterocycles. The van der Waals surface area contributed by atoms with Crippen LogP contribution in [0.3, 0.4) is 0 Å². The van der Waals surface area contributed by atoms with Crippen molar-refractivity contribution in [3.8, 4) is 5.69 Å². The van der Waals surface area contributed by atoms with Crippen molar-refractivity contribution < 1.29 is 8.42 Å². The van der Waals surface area contributed by atoms with Crippen LogP contribution in [-0.2, 0) is 10.0 Å². The number of aromatic nitrogens is 3. The summed E-state index contributed by atoms with van der Waals surface area (Å²) in [5.41, 5.74) is 0.603. The molecule has 3 rings (SSSR count). The van der Waals surface area contributed by atoms with Gasteiger partial charge in [0.15, 0.2) is 0 Å². The van der Waals surface area contributed by atoms with E-state index >= 15 is 0 Å². The second-order valence-corrected chi connectivity index (χ2v) is 9.12. The fourth-order valence-electron chi connectivity index (χ4n) is 2.79. The fraction of sp³-hybridized carbons (Fsp3) is 0.438. The van der Waals surface area contributed by atoms with E-state index in [0.29, 0.717) is 37.6 Å². The van der Waals surface area contributed by atoms with E-state index in [2.05, 4.69) is 10.1 Å². The number of halogens is 1. The lowest BCUT2D eigenvalue weighted by Crippen LogP contribution is -2.50. The molecule has 140 valence electrons. The highest BCUT2D eigenvalue weighted by molar-refractivity contribution is 7.89. The summed E-state index contributed by atoms with van der Waals surface area (Å²) in [7, 11) is -3.28. The minimum absolute atomic E-state index is 0.0593. The Kier molecular flexibility index (Phi) is 5.31. The zero-order chi connectivity index (χ0) is 18.9. The summed E-state index contributed by atoms with van der Waals surface area (Å²) < 4.78 is 27.2. The Balaban J connectivity index is 1.82. The van der Waals surface area contributed by atoms with Gasteiger partial charge in [-0.3, -0.25) is 9.78 Å². The molecule has 0 atom stereocenters. The standard InChI is InChI=1S/C16H20ClN5O3S/c1-12(2)26(24,25)21-8-6-20(7-9-21)14-11-19-22(16(23)15(14)17)13-4-3-5-18-10-13/h3-5,10-12H,6-9H2,1-2H3. The molecule has 0 N–H and O–H groups in total. The monoisotopic (exact) mass is 397 g/mol. The van der Waals surface area contributed by atoms with Gasteiger partial charge in [-0.15, -0.1) is 0 Å². The summed E-state index contributed by atoms with van der Waals surface area (Å²) in [5.74, 6) is 0. The Morgan fingerprint density at radius 2 is 1.85 bits per heavy atom. The van der Waals surface area contributed by atoms with Gasteiger partial charge >= 0.3 is 0 Å². The molecule has 10 heteroatoms. The molecule has 1 aliphatic heterocycles. The number of nitrogens with zero attached hydrogens (tertiary/aromatic N) is 5. The average molecular weight is 398 g/mol. The van der Waals surface area contributed by atoms with E-state index in [1.54, 1.807) is 32.2 Å². The van der Waals surface area contributed by atoms with Gasteiger partial charge in [-0.05, 0) is 26.0 Å². The van der Waals surface area contributed by atoms with E-state index in [4.69, 9.17) is 11.6 Å². The van der Waals surface area contributed by atoms with Gasteiger partial charge < -0.3 is 4.90 Å². The van der Waals surface area contributed by atoms with Crippen molar-refractivity contribution in [3.63, 3.8) is 0 Å². The molecule has 8 nitrogen and oxygen atoms in total. The maximum Gasteiger partial charge on any atom is 0.292 e. The Morgan fingerprint density at radius 1 is 1.15 bits per heavy atom. The molecule has 3 heterocycles. The van der Waals surface area contributed by atoms with Crippen LogP contribution >= 0.6 is 11.6 Å². The molecule has 0 unspecified atom stereocenters. The van der Waals surface area contributed by atoms with Gasteiger partial charge in [0.2, 0.25) is 10.0 Å². The van der Waals surface area contributed by atoms with Gasteiger partial charge in [-0.2, -0.15) is 14.1 Å². The first kappa shape index (κ1) is 18.8.